The second kappa shape index (κ2) is 8.69. The number of ether oxygens (including phenoxy) is 2. The van der Waals surface area contributed by atoms with Gasteiger partial charge in [0.1, 0.15) is 5.75 Å². The molecule has 0 fully saturated rings. The van der Waals surface area contributed by atoms with Crippen molar-refractivity contribution in [3.63, 3.8) is 0 Å². The lowest BCUT2D eigenvalue weighted by Crippen LogP contribution is -2.43. The first-order valence-corrected chi connectivity index (χ1v) is 9.28. The number of amides is 1. The molecule has 1 unspecified atom stereocenters. The van der Waals surface area contributed by atoms with E-state index in [-0.39, 0.29) is 18.3 Å². The highest BCUT2D eigenvalue weighted by molar-refractivity contribution is 5.98. The summed E-state index contributed by atoms with van der Waals surface area (Å²) < 4.78 is 10.6. The Balaban J connectivity index is 1.54. The first-order chi connectivity index (χ1) is 13.5. The van der Waals surface area contributed by atoms with Crippen molar-refractivity contribution in [1.82, 2.24) is 0 Å². The van der Waals surface area contributed by atoms with E-state index in [1.807, 2.05) is 24.3 Å². The molecule has 6 heteroatoms. The SMILES string of the molecule is CC(=O)c1ccc(OCC(=O)OC(C)C(=O)N2CCCc3ccccc32)cc1. The molecule has 1 atom stereocenters. The van der Waals surface area contributed by atoms with Crippen molar-refractivity contribution in [2.45, 2.75) is 32.8 Å². The number of fused-ring (bicyclic) bond motifs is 1. The van der Waals surface area contributed by atoms with E-state index in [0.29, 0.717) is 17.9 Å². The van der Waals surface area contributed by atoms with Crippen LogP contribution in [0.4, 0.5) is 5.69 Å². The minimum Gasteiger partial charge on any atom is -0.482 e. The van der Waals surface area contributed by atoms with E-state index >= 15 is 0 Å². The normalized spacial score (nSPS) is 14.0. The molecule has 28 heavy (non-hydrogen) atoms. The van der Waals surface area contributed by atoms with E-state index in [2.05, 4.69) is 0 Å². The minimum absolute atomic E-state index is 0.0439. The van der Waals surface area contributed by atoms with E-state index in [1.54, 1.807) is 36.1 Å². The van der Waals surface area contributed by atoms with Crippen molar-refractivity contribution in [1.29, 1.82) is 0 Å². The molecular weight excluding hydrogens is 358 g/mol. The molecule has 2 aromatic carbocycles. The van der Waals surface area contributed by atoms with Gasteiger partial charge in [-0.05, 0) is 62.6 Å². The van der Waals surface area contributed by atoms with Gasteiger partial charge in [0.05, 0.1) is 0 Å². The maximum Gasteiger partial charge on any atom is 0.344 e. The maximum atomic E-state index is 12.7. The third kappa shape index (κ3) is 4.57. The molecule has 0 saturated carbocycles. The van der Waals surface area contributed by atoms with Gasteiger partial charge in [-0.25, -0.2) is 4.79 Å². The van der Waals surface area contributed by atoms with Crippen LogP contribution in [0, 0.1) is 0 Å². The van der Waals surface area contributed by atoms with Gasteiger partial charge in [0.2, 0.25) is 0 Å². The van der Waals surface area contributed by atoms with Crippen molar-refractivity contribution >= 4 is 23.3 Å². The number of rotatable bonds is 6. The Hall–Kier alpha value is -3.15. The number of esters is 1. The third-order valence-electron chi connectivity index (χ3n) is 4.65. The van der Waals surface area contributed by atoms with Crippen LogP contribution in [0.25, 0.3) is 0 Å². The van der Waals surface area contributed by atoms with Gasteiger partial charge in [-0.2, -0.15) is 0 Å². The number of carbonyl (C=O) groups is 3. The van der Waals surface area contributed by atoms with Crippen LogP contribution in [-0.2, 0) is 20.7 Å². The van der Waals surface area contributed by atoms with Crippen LogP contribution in [0.2, 0.25) is 0 Å². The average molecular weight is 381 g/mol. The van der Waals surface area contributed by atoms with Crippen LogP contribution in [0.3, 0.4) is 0 Å². The van der Waals surface area contributed by atoms with Crippen LogP contribution in [0.5, 0.6) is 5.75 Å². The van der Waals surface area contributed by atoms with Crippen LogP contribution >= 0.6 is 0 Å². The molecule has 0 aliphatic carbocycles. The van der Waals surface area contributed by atoms with Gasteiger partial charge in [0.25, 0.3) is 5.91 Å². The highest BCUT2D eigenvalue weighted by Crippen LogP contribution is 2.27. The molecule has 0 bridgehead atoms. The molecule has 6 nitrogen and oxygen atoms in total. The number of benzene rings is 2. The number of nitrogens with zero attached hydrogens (tertiary/aromatic N) is 1. The number of Topliss-reactive ketones (excluding diaryl/α,β-unsaturated/α-hetero) is 1. The van der Waals surface area contributed by atoms with Gasteiger partial charge in [-0.15, -0.1) is 0 Å². The highest BCUT2D eigenvalue weighted by atomic mass is 16.6. The predicted octanol–water partition coefficient (Wildman–Crippen LogP) is 3.18. The minimum atomic E-state index is -0.901. The maximum absolute atomic E-state index is 12.7. The number of anilines is 1. The van der Waals surface area contributed by atoms with Crippen molar-refractivity contribution in [3.8, 4) is 5.75 Å². The van der Waals surface area contributed by atoms with Gasteiger partial charge in [-0.1, -0.05) is 18.2 Å². The fraction of sp³-hybridized carbons (Fsp3) is 0.318. The third-order valence-corrected chi connectivity index (χ3v) is 4.65. The highest BCUT2D eigenvalue weighted by Gasteiger charge is 2.28. The molecule has 1 amide bonds. The fourth-order valence-electron chi connectivity index (χ4n) is 3.19. The van der Waals surface area contributed by atoms with E-state index in [0.717, 1.165) is 24.1 Å². The Morgan fingerprint density at radius 3 is 2.50 bits per heavy atom. The van der Waals surface area contributed by atoms with Gasteiger partial charge in [0.15, 0.2) is 18.5 Å². The zero-order valence-electron chi connectivity index (χ0n) is 16.0. The molecule has 0 aromatic heterocycles. The number of ketones is 1. The summed E-state index contributed by atoms with van der Waals surface area (Å²) in [6.07, 6.45) is 0.912. The quantitative estimate of drug-likeness (QED) is 0.568. The zero-order valence-corrected chi connectivity index (χ0v) is 16.0. The summed E-state index contributed by atoms with van der Waals surface area (Å²) in [6, 6.07) is 14.3. The summed E-state index contributed by atoms with van der Waals surface area (Å²) in [7, 11) is 0. The van der Waals surface area contributed by atoms with Crippen molar-refractivity contribution < 1.29 is 23.9 Å². The van der Waals surface area contributed by atoms with Crippen molar-refractivity contribution in [3.05, 3.63) is 59.7 Å². The van der Waals surface area contributed by atoms with Crippen molar-refractivity contribution in [2.75, 3.05) is 18.1 Å². The lowest BCUT2D eigenvalue weighted by molar-refractivity contribution is -0.155. The van der Waals surface area contributed by atoms with E-state index in [1.165, 1.54) is 6.92 Å². The molecule has 0 saturated heterocycles. The summed E-state index contributed by atoms with van der Waals surface area (Å²) >= 11 is 0. The molecule has 1 aliphatic rings. The first-order valence-electron chi connectivity index (χ1n) is 9.28. The summed E-state index contributed by atoms with van der Waals surface area (Å²) in [5, 5.41) is 0. The van der Waals surface area contributed by atoms with E-state index in [9.17, 15) is 14.4 Å². The summed E-state index contributed by atoms with van der Waals surface area (Å²) in [5.41, 5.74) is 2.57. The Morgan fingerprint density at radius 2 is 1.79 bits per heavy atom. The van der Waals surface area contributed by atoms with Crippen molar-refractivity contribution in [2.24, 2.45) is 0 Å². The van der Waals surface area contributed by atoms with E-state index < -0.39 is 12.1 Å². The number of carbonyl (C=O) groups excluding carboxylic acids is 3. The number of hydrogen-bond acceptors (Lipinski definition) is 5. The largest absolute Gasteiger partial charge is 0.482 e. The Bertz CT molecular complexity index is 875. The Morgan fingerprint density at radius 1 is 1.07 bits per heavy atom. The second-order valence-corrected chi connectivity index (χ2v) is 6.72. The summed E-state index contributed by atoms with van der Waals surface area (Å²) in [5.74, 6) is -0.462. The molecule has 2 aromatic rings. The molecule has 1 aliphatic heterocycles. The molecule has 3 rings (SSSR count). The van der Waals surface area contributed by atoms with Gasteiger partial charge in [-0.3, -0.25) is 9.59 Å². The Kier molecular flexibility index (Phi) is 6.09. The Labute approximate surface area is 164 Å². The zero-order chi connectivity index (χ0) is 20.1. The van der Waals surface area contributed by atoms with Gasteiger partial charge < -0.3 is 14.4 Å². The molecule has 146 valence electrons. The topological polar surface area (TPSA) is 72.9 Å². The summed E-state index contributed by atoms with van der Waals surface area (Å²) in [6.45, 7) is 3.34. The number of para-hydroxylation sites is 1. The number of hydrogen-bond donors (Lipinski definition) is 0. The predicted molar refractivity (Wildman–Crippen MR) is 105 cm³/mol. The van der Waals surface area contributed by atoms with Gasteiger partial charge >= 0.3 is 5.97 Å². The molecule has 0 radical (unpaired) electrons. The molecular formula is C22H23NO5. The standard InChI is InChI=1S/C22H23NO5/c1-15(24)17-9-11-19(12-10-17)27-14-21(25)28-16(2)22(26)23-13-5-7-18-6-3-4-8-20(18)23/h3-4,6,8-12,16H,5,7,13-14H2,1-2H3. The van der Waals surface area contributed by atoms with Crippen LogP contribution < -0.4 is 9.64 Å². The average Bonchev–Trinajstić information content (AvgIpc) is 2.71. The van der Waals surface area contributed by atoms with Crippen LogP contribution in [0.15, 0.2) is 48.5 Å². The van der Waals surface area contributed by atoms with E-state index in [4.69, 9.17) is 9.47 Å². The lowest BCUT2D eigenvalue weighted by atomic mass is 10.0. The molecule has 0 spiro atoms. The second-order valence-electron chi connectivity index (χ2n) is 6.72. The van der Waals surface area contributed by atoms with Crippen LogP contribution in [0.1, 0.15) is 36.2 Å². The van der Waals surface area contributed by atoms with Crippen LogP contribution in [-0.4, -0.2) is 36.9 Å². The molecule has 0 N–H and O–H groups in total. The molecule has 1 heterocycles. The first kappa shape index (κ1) is 19.6. The fourth-order valence-corrected chi connectivity index (χ4v) is 3.19. The summed E-state index contributed by atoms with van der Waals surface area (Å²) in [4.78, 5) is 37.8. The lowest BCUT2D eigenvalue weighted by Gasteiger charge is -2.31. The van der Waals surface area contributed by atoms with Gasteiger partial charge in [0, 0.05) is 17.8 Å². The monoisotopic (exact) mass is 381 g/mol. The number of aryl methyl sites for hydroxylation is 1. The smallest absolute Gasteiger partial charge is 0.344 e.